The summed E-state index contributed by atoms with van der Waals surface area (Å²) in [4.78, 5) is 12.6. The molecule has 0 saturated heterocycles. The van der Waals surface area contributed by atoms with E-state index in [1.54, 1.807) is 36.4 Å². The standard InChI is InChI=1S/C16H17NO4/c1-19-13-8-7-12(15(20-2)16(13)21-3)14(18)10-5-4-6-11(17)9-10/h4-9H,17H2,1-3H3. The molecule has 21 heavy (non-hydrogen) atoms. The van der Waals surface area contributed by atoms with E-state index in [4.69, 9.17) is 19.9 Å². The Labute approximate surface area is 123 Å². The lowest BCUT2D eigenvalue weighted by Crippen LogP contribution is -2.06. The first kappa shape index (κ1) is 14.7. The van der Waals surface area contributed by atoms with Crippen molar-refractivity contribution in [1.82, 2.24) is 0 Å². The van der Waals surface area contributed by atoms with Crippen LogP contribution >= 0.6 is 0 Å². The molecule has 110 valence electrons. The van der Waals surface area contributed by atoms with Crippen LogP contribution in [-0.4, -0.2) is 27.1 Å². The molecule has 0 unspecified atom stereocenters. The van der Waals surface area contributed by atoms with Gasteiger partial charge in [-0.2, -0.15) is 0 Å². The van der Waals surface area contributed by atoms with Gasteiger partial charge in [0.2, 0.25) is 5.75 Å². The highest BCUT2D eigenvalue weighted by Crippen LogP contribution is 2.40. The molecule has 0 fully saturated rings. The third-order valence-electron chi connectivity index (χ3n) is 3.10. The van der Waals surface area contributed by atoms with Crippen molar-refractivity contribution < 1.29 is 19.0 Å². The van der Waals surface area contributed by atoms with Gasteiger partial charge in [-0.3, -0.25) is 4.79 Å². The van der Waals surface area contributed by atoms with Gasteiger partial charge in [-0.05, 0) is 24.3 Å². The van der Waals surface area contributed by atoms with Crippen LogP contribution in [0.25, 0.3) is 0 Å². The number of nitrogen functional groups attached to an aromatic ring is 1. The summed E-state index contributed by atoms with van der Waals surface area (Å²) in [6.07, 6.45) is 0. The molecule has 0 radical (unpaired) electrons. The molecule has 5 nitrogen and oxygen atoms in total. The molecule has 2 aromatic rings. The van der Waals surface area contributed by atoms with E-state index >= 15 is 0 Å². The topological polar surface area (TPSA) is 70.8 Å². The van der Waals surface area contributed by atoms with Gasteiger partial charge in [0, 0.05) is 11.3 Å². The fourth-order valence-corrected chi connectivity index (χ4v) is 2.12. The number of hydrogen-bond acceptors (Lipinski definition) is 5. The van der Waals surface area contributed by atoms with Gasteiger partial charge in [0.05, 0.1) is 26.9 Å². The van der Waals surface area contributed by atoms with Crippen LogP contribution in [0.3, 0.4) is 0 Å². The zero-order valence-electron chi connectivity index (χ0n) is 12.2. The second kappa shape index (κ2) is 6.17. The first-order valence-electron chi connectivity index (χ1n) is 6.31. The van der Waals surface area contributed by atoms with Gasteiger partial charge in [-0.25, -0.2) is 0 Å². The molecule has 0 amide bonds. The van der Waals surface area contributed by atoms with Crippen molar-refractivity contribution in [2.45, 2.75) is 0 Å². The third-order valence-corrected chi connectivity index (χ3v) is 3.10. The minimum atomic E-state index is -0.194. The van der Waals surface area contributed by atoms with E-state index < -0.39 is 0 Å². The van der Waals surface area contributed by atoms with E-state index in [9.17, 15) is 4.79 Å². The maximum absolute atomic E-state index is 12.6. The minimum Gasteiger partial charge on any atom is -0.493 e. The minimum absolute atomic E-state index is 0.194. The smallest absolute Gasteiger partial charge is 0.204 e. The fourth-order valence-electron chi connectivity index (χ4n) is 2.12. The Bertz CT molecular complexity index is 667. The molecule has 0 bridgehead atoms. The van der Waals surface area contributed by atoms with Gasteiger partial charge in [-0.15, -0.1) is 0 Å². The molecule has 0 heterocycles. The predicted molar refractivity (Wildman–Crippen MR) is 80.4 cm³/mol. The number of rotatable bonds is 5. The predicted octanol–water partition coefficient (Wildman–Crippen LogP) is 2.53. The van der Waals surface area contributed by atoms with Gasteiger partial charge in [0.25, 0.3) is 0 Å². The maximum Gasteiger partial charge on any atom is 0.204 e. The van der Waals surface area contributed by atoms with Crippen LogP contribution in [-0.2, 0) is 0 Å². The van der Waals surface area contributed by atoms with Gasteiger partial charge >= 0.3 is 0 Å². The number of carbonyl (C=O) groups is 1. The summed E-state index contributed by atoms with van der Waals surface area (Å²) >= 11 is 0. The molecule has 2 N–H and O–H groups in total. The number of ether oxygens (including phenoxy) is 3. The molecule has 5 heteroatoms. The number of benzene rings is 2. The van der Waals surface area contributed by atoms with Crippen molar-refractivity contribution in [3.05, 3.63) is 47.5 Å². The Morgan fingerprint density at radius 1 is 0.952 bits per heavy atom. The molecule has 0 saturated carbocycles. The molecular formula is C16H17NO4. The average Bonchev–Trinajstić information content (AvgIpc) is 2.52. The van der Waals surface area contributed by atoms with Gasteiger partial charge in [0.15, 0.2) is 17.3 Å². The highest BCUT2D eigenvalue weighted by Gasteiger charge is 2.21. The van der Waals surface area contributed by atoms with Crippen molar-refractivity contribution in [3.63, 3.8) is 0 Å². The monoisotopic (exact) mass is 287 g/mol. The molecule has 2 aromatic carbocycles. The highest BCUT2D eigenvalue weighted by molar-refractivity contribution is 6.11. The van der Waals surface area contributed by atoms with Crippen molar-refractivity contribution >= 4 is 11.5 Å². The van der Waals surface area contributed by atoms with E-state index in [0.29, 0.717) is 34.1 Å². The van der Waals surface area contributed by atoms with Gasteiger partial charge < -0.3 is 19.9 Å². The summed E-state index contributed by atoms with van der Waals surface area (Å²) in [5, 5.41) is 0. The molecule has 2 rings (SSSR count). The van der Waals surface area contributed by atoms with E-state index in [0.717, 1.165) is 0 Å². The van der Waals surface area contributed by atoms with Crippen molar-refractivity contribution in [3.8, 4) is 17.2 Å². The quantitative estimate of drug-likeness (QED) is 0.676. The fraction of sp³-hybridized carbons (Fsp3) is 0.188. The third kappa shape index (κ3) is 2.76. The summed E-state index contributed by atoms with van der Waals surface area (Å²) in [6.45, 7) is 0. The summed E-state index contributed by atoms with van der Waals surface area (Å²) in [5.41, 5.74) is 7.12. The van der Waals surface area contributed by atoms with Crippen molar-refractivity contribution in [2.24, 2.45) is 0 Å². The molecule has 0 aliphatic carbocycles. The molecular weight excluding hydrogens is 270 g/mol. The first-order valence-corrected chi connectivity index (χ1v) is 6.31. The Balaban J connectivity index is 2.56. The van der Waals surface area contributed by atoms with Crippen LogP contribution in [0.1, 0.15) is 15.9 Å². The average molecular weight is 287 g/mol. The largest absolute Gasteiger partial charge is 0.493 e. The molecule has 0 aliphatic heterocycles. The summed E-state index contributed by atoms with van der Waals surface area (Å²) < 4.78 is 15.8. The highest BCUT2D eigenvalue weighted by atomic mass is 16.5. The number of ketones is 1. The number of hydrogen-bond donors (Lipinski definition) is 1. The zero-order valence-corrected chi connectivity index (χ0v) is 12.2. The lowest BCUT2D eigenvalue weighted by Gasteiger charge is -2.15. The zero-order chi connectivity index (χ0) is 15.4. The van der Waals surface area contributed by atoms with Crippen LogP contribution < -0.4 is 19.9 Å². The molecule has 0 aromatic heterocycles. The Morgan fingerprint density at radius 3 is 2.24 bits per heavy atom. The van der Waals surface area contributed by atoms with E-state index in [1.165, 1.54) is 21.3 Å². The summed E-state index contributed by atoms with van der Waals surface area (Å²) in [7, 11) is 4.50. The number of carbonyl (C=O) groups excluding carboxylic acids is 1. The lowest BCUT2D eigenvalue weighted by molar-refractivity contribution is 0.103. The normalized spacial score (nSPS) is 10.0. The first-order chi connectivity index (χ1) is 10.1. The van der Waals surface area contributed by atoms with Crippen LogP contribution in [0.2, 0.25) is 0 Å². The summed E-state index contributed by atoms with van der Waals surface area (Å²) in [6, 6.07) is 10.1. The maximum atomic E-state index is 12.6. The Hall–Kier alpha value is -2.69. The van der Waals surface area contributed by atoms with Crippen LogP contribution in [0.5, 0.6) is 17.2 Å². The lowest BCUT2D eigenvalue weighted by atomic mass is 10.0. The number of anilines is 1. The second-order valence-corrected chi connectivity index (χ2v) is 4.34. The van der Waals surface area contributed by atoms with Crippen molar-refractivity contribution in [1.29, 1.82) is 0 Å². The van der Waals surface area contributed by atoms with Crippen LogP contribution in [0.4, 0.5) is 5.69 Å². The Kier molecular flexibility index (Phi) is 4.33. The van der Waals surface area contributed by atoms with E-state index in [2.05, 4.69) is 0 Å². The number of methoxy groups -OCH3 is 3. The van der Waals surface area contributed by atoms with E-state index in [1.807, 2.05) is 0 Å². The Morgan fingerprint density at radius 2 is 1.67 bits per heavy atom. The molecule has 0 spiro atoms. The SMILES string of the molecule is COc1ccc(C(=O)c2cccc(N)c2)c(OC)c1OC. The number of nitrogens with two attached hydrogens (primary N) is 1. The second-order valence-electron chi connectivity index (χ2n) is 4.34. The molecule has 0 aliphatic rings. The van der Waals surface area contributed by atoms with Crippen molar-refractivity contribution in [2.75, 3.05) is 27.1 Å². The van der Waals surface area contributed by atoms with Gasteiger partial charge in [0.1, 0.15) is 0 Å². The van der Waals surface area contributed by atoms with Crippen LogP contribution in [0, 0.1) is 0 Å². The summed E-state index contributed by atoms with van der Waals surface area (Å²) in [5.74, 6) is 1.03. The molecule has 0 atom stereocenters. The van der Waals surface area contributed by atoms with Gasteiger partial charge in [-0.1, -0.05) is 12.1 Å². The van der Waals surface area contributed by atoms with E-state index in [-0.39, 0.29) is 5.78 Å². The van der Waals surface area contributed by atoms with Crippen LogP contribution in [0.15, 0.2) is 36.4 Å².